The third-order valence-corrected chi connectivity index (χ3v) is 6.83. The Bertz CT molecular complexity index is 1700. The van der Waals surface area contributed by atoms with Gasteiger partial charge in [-0.15, -0.1) is 13.2 Å². The molecule has 1 heterocycles. The number of aromatic nitrogens is 2. The maximum Gasteiger partial charge on any atom is 0.573 e. The van der Waals surface area contributed by atoms with Crippen molar-refractivity contribution in [3.05, 3.63) is 119 Å². The molecule has 5 rings (SSSR count). The summed E-state index contributed by atoms with van der Waals surface area (Å²) in [4.78, 5) is 23.1. The first-order valence-electron chi connectivity index (χ1n) is 13.1. The Morgan fingerprint density at radius 1 is 0.905 bits per heavy atom. The number of carboxylic acid groups (broad SMARTS) is 1. The summed E-state index contributed by atoms with van der Waals surface area (Å²) < 4.78 is 41.8. The number of carboxylic acids is 1. The molecule has 1 amide bonds. The van der Waals surface area contributed by atoms with Crippen molar-refractivity contribution in [1.29, 1.82) is 0 Å². The molecular weight excluding hydrogens is 547 g/mol. The van der Waals surface area contributed by atoms with E-state index in [4.69, 9.17) is 5.11 Å². The van der Waals surface area contributed by atoms with Crippen LogP contribution >= 0.6 is 0 Å². The van der Waals surface area contributed by atoms with Crippen LogP contribution in [0.1, 0.15) is 39.5 Å². The van der Waals surface area contributed by atoms with Crippen LogP contribution in [0, 0.1) is 0 Å². The number of para-hydroxylation sites is 1. The second kappa shape index (κ2) is 12.2. The Morgan fingerprint density at radius 2 is 1.64 bits per heavy atom. The number of amides is 1. The quantitative estimate of drug-likeness (QED) is 0.172. The van der Waals surface area contributed by atoms with Gasteiger partial charge in [-0.25, -0.2) is 0 Å². The topological polar surface area (TPSA) is 104 Å². The number of benzene rings is 4. The average molecular weight is 574 g/mol. The molecule has 4 aromatic carbocycles. The molecule has 5 aromatic rings. The van der Waals surface area contributed by atoms with Gasteiger partial charge in [0.25, 0.3) is 5.91 Å². The molecule has 0 aliphatic rings. The molecule has 0 fully saturated rings. The minimum Gasteiger partial charge on any atom is -0.481 e. The van der Waals surface area contributed by atoms with E-state index in [1.54, 1.807) is 24.3 Å². The van der Waals surface area contributed by atoms with Gasteiger partial charge >= 0.3 is 12.3 Å². The van der Waals surface area contributed by atoms with E-state index in [2.05, 4.69) is 20.3 Å². The molecule has 0 aliphatic heterocycles. The zero-order chi connectivity index (χ0) is 29.7. The van der Waals surface area contributed by atoms with Crippen molar-refractivity contribution in [2.75, 3.05) is 6.54 Å². The summed E-state index contributed by atoms with van der Waals surface area (Å²) in [6.45, 7) is 0.0410. The summed E-state index contributed by atoms with van der Waals surface area (Å²) in [6.07, 6.45) is -4.35. The predicted molar refractivity (Wildman–Crippen MR) is 151 cm³/mol. The fourth-order valence-corrected chi connectivity index (χ4v) is 4.83. The molecule has 1 atom stereocenters. The summed E-state index contributed by atoms with van der Waals surface area (Å²) in [7, 11) is 0. The molecule has 7 nitrogen and oxygen atoms in total. The molecule has 0 saturated heterocycles. The van der Waals surface area contributed by atoms with Gasteiger partial charge in [-0.2, -0.15) is 5.10 Å². The number of carbonyl (C=O) groups is 2. The molecule has 1 aromatic heterocycles. The number of rotatable bonds is 10. The van der Waals surface area contributed by atoms with Gasteiger partial charge in [0, 0.05) is 23.4 Å². The Kier molecular flexibility index (Phi) is 8.24. The number of hydrogen-bond donors (Lipinski definition) is 3. The second-order valence-electron chi connectivity index (χ2n) is 9.71. The Balaban J connectivity index is 1.44. The predicted octanol–water partition coefficient (Wildman–Crippen LogP) is 6.71. The summed E-state index contributed by atoms with van der Waals surface area (Å²) in [5.41, 5.74) is 5.64. The van der Waals surface area contributed by atoms with E-state index >= 15 is 0 Å². The van der Waals surface area contributed by atoms with E-state index in [0.29, 0.717) is 12.0 Å². The Labute approximate surface area is 239 Å². The highest BCUT2D eigenvalue weighted by Gasteiger charge is 2.31. The molecule has 0 aliphatic carbocycles. The third kappa shape index (κ3) is 6.95. The lowest BCUT2D eigenvalue weighted by molar-refractivity contribution is -0.274. The van der Waals surface area contributed by atoms with Gasteiger partial charge in [0.15, 0.2) is 0 Å². The van der Waals surface area contributed by atoms with Crippen LogP contribution in [0.15, 0.2) is 97.1 Å². The lowest BCUT2D eigenvalue weighted by Gasteiger charge is -2.18. The van der Waals surface area contributed by atoms with Crippen LogP contribution in [0.25, 0.3) is 22.0 Å². The Hall–Kier alpha value is -5.12. The van der Waals surface area contributed by atoms with Gasteiger partial charge in [0.1, 0.15) is 5.75 Å². The maximum absolute atomic E-state index is 12.6. The number of nitrogens with one attached hydrogen (secondary N) is 2. The summed E-state index contributed by atoms with van der Waals surface area (Å²) >= 11 is 0. The number of hydrogen-bond acceptors (Lipinski definition) is 4. The van der Waals surface area contributed by atoms with Crippen molar-refractivity contribution < 1.29 is 32.6 Å². The lowest BCUT2D eigenvalue weighted by Crippen LogP contribution is -2.25. The van der Waals surface area contributed by atoms with Crippen LogP contribution in [-0.4, -0.2) is 40.1 Å². The van der Waals surface area contributed by atoms with E-state index in [0.717, 1.165) is 38.9 Å². The molecular formula is C32H26F3N3O4. The molecule has 42 heavy (non-hydrogen) atoms. The number of nitrogens with zero attached hydrogens (tertiary/aromatic N) is 1. The smallest absolute Gasteiger partial charge is 0.481 e. The highest BCUT2D eigenvalue weighted by atomic mass is 19.4. The van der Waals surface area contributed by atoms with Crippen molar-refractivity contribution in [2.45, 2.75) is 25.1 Å². The highest BCUT2D eigenvalue weighted by molar-refractivity contribution is 5.94. The zero-order valence-corrected chi connectivity index (χ0v) is 22.2. The standard InChI is InChI=1S/C32H26F3N3O4/c33-32(34,35)42-25-14-12-21(13-15-25)23-4-3-5-24(19-23)27(30-26-6-1-2-7-28(26)37-38-30)18-20-8-10-22(11-9-20)31(41)36-17-16-29(39)40/h1-15,19,27H,16-18H2,(H,36,41)(H,37,38)(H,39,40). The monoisotopic (exact) mass is 573 g/mol. The first-order valence-corrected chi connectivity index (χ1v) is 13.1. The Morgan fingerprint density at radius 3 is 2.36 bits per heavy atom. The normalized spacial score (nSPS) is 12.2. The van der Waals surface area contributed by atoms with Crippen LogP contribution < -0.4 is 10.1 Å². The number of alkyl halides is 3. The van der Waals surface area contributed by atoms with E-state index in [9.17, 15) is 22.8 Å². The van der Waals surface area contributed by atoms with Crippen molar-refractivity contribution >= 4 is 22.8 Å². The van der Waals surface area contributed by atoms with E-state index in [-0.39, 0.29) is 30.5 Å². The number of aromatic amines is 1. The molecule has 1 unspecified atom stereocenters. The SMILES string of the molecule is O=C(O)CCNC(=O)c1ccc(CC(c2cccc(-c3ccc(OC(F)(F)F)cc3)c2)c2[nH]nc3ccccc23)cc1. The first kappa shape index (κ1) is 28.4. The second-order valence-corrected chi connectivity index (χ2v) is 9.71. The van der Waals surface area contributed by atoms with Gasteiger partial charge < -0.3 is 15.2 Å². The maximum atomic E-state index is 12.6. The molecule has 0 saturated carbocycles. The number of carbonyl (C=O) groups excluding carboxylic acids is 1. The highest BCUT2D eigenvalue weighted by Crippen LogP contribution is 2.35. The molecule has 0 bridgehead atoms. The minimum absolute atomic E-state index is 0.0410. The fraction of sp³-hybridized carbons (Fsp3) is 0.156. The summed E-state index contributed by atoms with van der Waals surface area (Å²) in [6, 6.07) is 28.4. The van der Waals surface area contributed by atoms with Gasteiger partial charge in [-0.05, 0) is 59.0 Å². The third-order valence-electron chi connectivity index (χ3n) is 6.83. The van der Waals surface area contributed by atoms with Crippen LogP contribution in [0.5, 0.6) is 5.75 Å². The molecule has 0 radical (unpaired) electrons. The summed E-state index contributed by atoms with van der Waals surface area (Å²) in [5.74, 6) is -1.79. The van der Waals surface area contributed by atoms with E-state index in [1.165, 1.54) is 12.1 Å². The van der Waals surface area contributed by atoms with Crippen LogP contribution in [0.2, 0.25) is 0 Å². The van der Waals surface area contributed by atoms with Crippen molar-refractivity contribution in [3.8, 4) is 16.9 Å². The van der Waals surface area contributed by atoms with Crippen molar-refractivity contribution in [2.24, 2.45) is 0 Å². The average Bonchev–Trinajstić information content (AvgIpc) is 3.39. The van der Waals surface area contributed by atoms with E-state index in [1.807, 2.05) is 60.7 Å². The molecule has 0 spiro atoms. The van der Waals surface area contributed by atoms with Gasteiger partial charge in [0.05, 0.1) is 17.6 Å². The van der Waals surface area contributed by atoms with Crippen LogP contribution in [-0.2, 0) is 11.2 Å². The van der Waals surface area contributed by atoms with E-state index < -0.39 is 12.3 Å². The number of aliphatic carboxylic acids is 1. The van der Waals surface area contributed by atoms with Gasteiger partial charge in [-0.3, -0.25) is 14.7 Å². The largest absolute Gasteiger partial charge is 0.573 e. The minimum atomic E-state index is -4.76. The van der Waals surface area contributed by atoms with Crippen LogP contribution in [0.3, 0.4) is 0 Å². The van der Waals surface area contributed by atoms with Gasteiger partial charge in [-0.1, -0.05) is 66.7 Å². The lowest BCUT2D eigenvalue weighted by atomic mass is 9.86. The number of H-pyrrole nitrogens is 1. The van der Waals surface area contributed by atoms with Gasteiger partial charge in [0.2, 0.25) is 0 Å². The molecule has 214 valence electrons. The van der Waals surface area contributed by atoms with Crippen LogP contribution in [0.4, 0.5) is 13.2 Å². The van der Waals surface area contributed by atoms with Crippen molar-refractivity contribution in [3.63, 3.8) is 0 Å². The zero-order valence-electron chi connectivity index (χ0n) is 22.2. The number of halogens is 3. The fourth-order valence-electron chi connectivity index (χ4n) is 4.83. The first-order chi connectivity index (χ1) is 20.2. The molecule has 10 heteroatoms. The molecule has 3 N–H and O–H groups in total. The number of fused-ring (bicyclic) bond motifs is 1. The van der Waals surface area contributed by atoms with Crippen molar-refractivity contribution in [1.82, 2.24) is 15.5 Å². The number of ether oxygens (including phenoxy) is 1. The summed E-state index contributed by atoms with van der Waals surface area (Å²) in [5, 5.41) is 20.0.